The maximum absolute atomic E-state index is 12.1. The molecule has 0 aromatic rings. The van der Waals surface area contributed by atoms with Crippen LogP contribution in [-0.2, 0) is 19.4 Å². The van der Waals surface area contributed by atoms with Gasteiger partial charge in [0.15, 0.2) is 9.84 Å². The molecule has 9 nitrogen and oxygen atoms in total. The number of carboxylic acid groups (broad SMARTS) is 1. The molecule has 0 bridgehead atoms. The summed E-state index contributed by atoms with van der Waals surface area (Å²) in [4.78, 5) is 26.3. The maximum Gasteiger partial charge on any atom is 0.303 e. The average molecular weight is 386 g/mol. The molecule has 1 fully saturated rings. The summed E-state index contributed by atoms with van der Waals surface area (Å²) < 4.78 is 23.5. The van der Waals surface area contributed by atoms with Crippen molar-refractivity contribution in [1.82, 2.24) is 15.1 Å². The molecule has 0 aromatic carbocycles. The van der Waals surface area contributed by atoms with E-state index in [-0.39, 0.29) is 42.5 Å². The van der Waals surface area contributed by atoms with Crippen molar-refractivity contribution in [2.45, 2.75) is 25.3 Å². The van der Waals surface area contributed by atoms with Gasteiger partial charge in [-0.15, -0.1) is 0 Å². The first-order chi connectivity index (χ1) is 12.1. The highest BCUT2D eigenvalue weighted by Gasteiger charge is 2.31. The highest BCUT2D eigenvalue weighted by molar-refractivity contribution is 7.91. The zero-order chi connectivity index (χ0) is 19.7. The van der Waals surface area contributed by atoms with Gasteiger partial charge in [-0.2, -0.15) is 5.26 Å². The second kappa shape index (κ2) is 10.1. The van der Waals surface area contributed by atoms with E-state index >= 15 is 0 Å². The van der Waals surface area contributed by atoms with E-state index in [4.69, 9.17) is 5.11 Å². The van der Waals surface area contributed by atoms with Crippen molar-refractivity contribution < 1.29 is 23.1 Å². The van der Waals surface area contributed by atoms with E-state index in [2.05, 4.69) is 5.32 Å². The number of carbonyl (C=O) groups excluding carboxylic acids is 1. The summed E-state index contributed by atoms with van der Waals surface area (Å²) in [7, 11) is 0.674. The first kappa shape index (κ1) is 21.9. The number of hydrogen-bond acceptors (Lipinski definition) is 7. The third-order valence-electron chi connectivity index (χ3n) is 4.00. The lowest BCUT2D eigenvalue weighted by Crippen LogP contribution is -2.38. The van der Waals surface area contributed by atoms with Crippen molar-refractivity contribution >= 4 is 21.7 Å². The van der Waals surface area contributed by atoms with Crippen molar-refractivity contribution in [3.63, 3.8) is 0 Å². The fourth-order valence-corrected chi connectivity index (χ4v) is 4.29. The van der Waals surface area contributed by atoms with Crippen LogP contribution >= 0.6 is 0 Å². The molecule has 10 heteroatoms. The Labute approximate surface area is 154 Å². The molecule has 1 aliphatic heterocycles. The van der Waals surface area contributed by atoms with Gasteiger partial charge in [0.1, 0.15) is 11.6 Å². The Balaban J connectivity index is 2.80. The van der Waals surface area contributed by atoms with Gasteiger partial charge in [-0.1, -0.05) is 0 Å². The summed E-state index contributed by atoms with van der Waals surface area (Å²) in [6.45, 7) is 1.29. The molecule has 0 spiro atoms. The topological polar surface area (TPSA) is 131 Å². The average Bonchev–Trinajstić information content (AvgIpc) is 2.91. The van der Waals surface area contributed by atoms with Crippen LogP contribution in [0.3, 0.4) is 0 Å². The summed E-state index contributed by atoms with van der Waals surface area (Å²) in [5.74, 6) is -1.43. The third kappa shape index (κ3) is 7.84. The summed E-state index contributed by atoms with van der Waals surface area (Å²) in [6.07, 6.45) is 2.08. The monoisotopic (exact) mass is 386 g/mol. The minimum Gasteiger partial charge on any atom is -0.481 e. The van der Waals surface area contributed by atoms with Crippen LogP contribution in [0.4, 0.5) is 0 Å². The lowest BCUT2D eigenvalue weighted by molar-refractivity contribution is -0.137. The molecule has 1 saturated heterocycles. The predicted octanol–water partition coefficient (Wildman–Crippen LogP) is -0.574. The van der Waals surface area contributed by atoms with Crippen molar-refractivity contribution in [1.29, 1.82) is 5.26 Å². The zero-order valence-electron chi connectivity index (χ0n) is 15.1. The van der Waals surface area contributed by atoms with Crippen LogP contribution in [0.15, 0.2) is 11.8 Å². The van der Waals surface area contributed by atoms with Gasteiger partial charge < -0.3 is 20.2 Å². The Kier molecular flexibility index (Phi) is 8.54. The van der Waals surface area contributed by atoms with E-state index in [1.54, 1.807) is 4.90 Å². The van der Waals surface area contributed by atoms with Crippen LogP contribution < -0.4 is 5.32 Å². The summed E-state index contributed by atoms with van der Waals surface area (Å²) in [5.41, 5.74) is -0.122. The van der Waals surface area contributed by atoms with Gasteiger partial charge in [-0.05, 0) is 26.9 Å². The Morgan fingerprint density at radius 1 is 1.35 bits per heavy atom. The van der Waals surface area contributed by atoms with Crippen LogP contribution in [0.1, 0.15) is 19.3 Å². The molecule has 1 amide bonds. The Bertz CT molecular complexity index is 681. The van der Waals surface area contributed by atoms with Crippen molar-refractivity contribution in [3.05, 3.63) is 11.8 Å². The quantitative estimate of drug-likeness (QED) is 0.290. The van der Waals surface area contributed by atoms with Gasteiger partial charge in [-0.3, -0.25) is 9.59 Å². The summed E-state index contributed by atoms with van der Waals surface area (Å²) in [6, 6.07) is 1.58. The second-order valence-corrected chi connectivity index (χ2v) is 8.73. The zero-order valence-corrected chi connectivity index (χ0v) is 16.0. The van der Waals surface area contributed by atoms with Crippen LogP contribution in [-0.4, -0.2) is 86.5 Å². The Morgan fingerprint density at radius 3 is 2.54 bits per heavy atom. The molecule has 0 radical (unpaired) electrons. The molecule has 2 N–H and O–H groups in total. The largest absolute Gasteiger partial charge is 0.481 e. The molecule has 146 valence electrons. The molecule has 1 aliphatic rings. The number of nitrogens with zero attached hydrogens (tertiary/aromatic N) is 3. The molecule has 1 heterocycles. The number of aliphatic carboxylic acids is 1. The molecule has 0 aromatic heterocycles. The lowest BCUT2D eigenvalue weighted by Gasteiger charge is -2.28. The van der Waals surface area contributed by atoms with Crippen molar-refractivity contribution in [2.75, 3.05) is 45.2 Å². The Hall–Kier alpha value is -2.12. The molecule has 1 unspecified atom stereocenters. The van der Waals surface area contributed by atoms with Crippen molar-refractivity contribution in [2.24, 2.45) is 0 Å². The molecule has 0 aliphatic carbocycles. The van der Waals surface area contributed by atoms with Crippen LogP contribution in [0.2, 0.25) is 0 Å². The number of nitrogens with one attached hydrogen (secondary N) is 1. The van der Waals surface area contributed by atoms with Gasteiger partial charge in [0, 0.05) is 38.3 Å². The highest BCUT2D eigenvalue weighted by Crippen LogP contribution is 2.19. The first-order valence-corrected chi connectivity index (χ1v) is 10.2. The minimum atomic E-state index is -3.09. The second-order valence-electron chi connectivity index (χ2n) is 6.51. The predicted molar refractivity (Wildman–Crippen MR) is 95.9 cm³/mol. The SMILES string of the molecule is CN(C)CCN(/C=C(/C#N)C(=O)NCCCC(=O)O)C1CCS(=O)(=O)C1. The van der Waals surface area contributed by atoms with Crippen molar-refractivity contribution in [3.8, 4) is 6.07 Å². The van der Waals surface area contributed by atoms with E-state index in [1.165, 1.54) is 6.20 Å². The highest BCUT2D eigenvalue weighted by atomic mass is 32.2. The number of nitriles is 1. The van der Waals surface area contributed by atoms with Crippen LogP contribution in [0.5, 0.6) is 0 Å². The van der Waals surface area contributed by atoms with E-state index < -0.39 is 21.7 Å². The lowest BCUT2D eigenvalue weighted by atomic mass is 10.2. The number of sulfone groups is 1. The Morgan fingerprint density at radius 2 is 2.04 bits per heavy atom. The summed E-state index contributed by atoms with van der Waals surface area (Å²) in [5, 5.41) is 20.4. The minimum absolute atomic E-state index is 0.00979. The molecular weight excluding hydrogens is 360 g/mol. The van der Waals surface area contributed by atoms with Crippen LogP contribution in [0, 0.1) is 11.3 Å². The van der Waals surface area contributed by atoms with E-state index in [1.807, 2.05) is 25.1 Å². The van der Waals surface area contributed by atoms with Crippen LogP contribution in [0.25, 0.3) is 0 Å². The third-order valence-corrected chi connectivity index (χ3v) is 5.75. The molecular formula is C16H26N4O5S. The van der Waals surface area contributed by atoms with E-state index in [0.29, 0.717) is 19.5 Å². The van der Waals surface area contributed by atoms with Gasteiger partial charge in [0.2, 0.25) is 0 Å². The molecule has 0 saturated carbocycles. The van der Waals surface area contributed by atoms with E-state index in [0.717, 1.165) is 0 Å². The van der Waals surface area contributed by atoms with E-state index in [9.17, 15) is 23.3 Å². The number of carboxylic acids is 1. The molecule has 1 atom stereocenters. The van der Waals surface area contributed by atoms with Gasteiger partial charge in [0.05, 0.1) is 11.5 Å². The fraction of sp³-hybridized carbons (Fsp3) is 0.688. The number of hydrogen-bond donors (Lipinski definition) is 2. The van der Waals surface area contributed by atoms with Gasteiger partial charge in [-0.25, -0.2) is 8.42 Å². The summed E-state index contributed by atoms with van der Waals surface area (Å²) >= 11 is 0. The normalized spacial score (nSPS) is 19.2. The fourth-order valence-electron chi connectivity index (χ4n) is 2.55. The van der Waals surface area contributed by atoms with Gasteiger partial charge in [0.25, 0.3) is 5.91 Å². The molecule has 26 heavy (non-hydrogen) atoms. The number of likely N-dealkylation sites (N-methyl/N-ethyl adjacent to an activating group) is 1. The maximum atomic E-state index is 12.1. The number of carbonyl (C=O) groups is 2. The van der Waals surface area contributed by atoms with Gasteiger partial charge >= 0.3 is 5.97 Å². The first-order valence-electron chi connectivity index (χ1n) is 8.37. The smallest absolute Gasteiger partial charge is 0.303 e. The molecule has 1 rings (SSSR count). The number of amides is 1. The number of rotatable bonds is 10. The standard InChI is InChI=1S/C16H26N4O5S/c1-19(2)7-8-20(14-5-9-26(24,25)12-14)11-13(10-17)16(23)18-6-3-4-15(21)22/h11,14H,3-9,12H2,1-2H3,(H,18,23)(H,21,22)/b13-11-.